The smallest absolute Gasteiger partial charge is 0.410 e. The molecule has 0 saturated carbocycles. The summed E-state index contributed by atoms with van der Waals surface area (Å²) < 4.78 is 11.0. The van der Waals surface area contributed by atoms with Gasteiger partial charge in [0.25, 0.3) is 0 Å². The van der Waals surface area contributed by atoms with E-state index >= 15 is 0 Å². The van der Waals surface area contributed by atoms with Gasteiger partial charge in [-0.1, -0.05) is 66.7 Å². The largest absolute Gasteiger partial charge is 0.515 e. The highest BCUT2D eigenvalue weighted by Crippen LogP contribution is 2.30. The fourth-order valence-corrected chi connectivity index (χ4v) is 3.00. The predicted octanol–water partition coefficient (Wildman–Crippen LogP) is 5.74. The van der Waals surface area contributed by atoms with Crippen molar-refractivity contribution in [2.24, 2.45) is 0 Å². The first kappa shape index (κ1) is 18.5. The van der Waals surface area contributed by atoms with Gasteiger partial charge in [0.05, 0.1) is 0 Å². The standard InChI is InChI=1S/C23H23NO3/c1-3-24(20-14-8-5-9-15-20)18(2)26-23(25)27-22-17-11-10-16-21(22)19-12-6-4-7-13-19/h4-18H,3H2,1-2H3. The van der Waals surface area contributed by atoms with Crippen LogP contribution in [0, 0.1) is 0 Å². The average Bonchev–Trinajstić information content (AvgIpc) is 2.70. The molecule has 0 amide bonds. The number of nitrogens with zero attached hydrogens (tertiary/aromatic N) is 1. The molecule has 138 valence electrons. The van der Waals surface area contributed by atoms with Crippen LogP contribution in [0.2, 0.25) is 0 Å². The Hall–Kier alpha value is -3.27. The molecule has 0 aromatic heterocycles. The van der Waals surface area contributed by atoms with Crippen LogP contribution in [0.25, 0.3) is 11.1 Å². The second-order valence-corrected chi connectivity index (χ2v) is 6.05. The van der Waals surface area contributed by atoms with Crippen molar-refractivity contribution < 1.29 is 14.3 Å². The minimum absolute atomic E-state index is 0.450. The van der Waals surface area contributed by atoms with Crippen LogP contribution in [0.4, 0.5) is 10.5 Å². The molecule has 3 rings (SSSR count). The molecule has 3 aromatic rings. The van der Waals surface area contributed by atoms with Gasteiger partial charge in [-0.15, -0.1) is 0 Å². The monoisotopic (exact) mass is 361 g/mol. The molecule has 1 atom stereocenters. The molecule has 0 aliphatic rings. The minimum atomic E-state index is -0.722. The Kier molecular flexibility index (Phi) is 6.10. The Morgan fingerprint density at radius 3 is 2.15 bits per heavy atom. The molecule has 0 spiro atoms. The number of carbonyl (C=O) groups is 1. The van der Waals surface area contributed by atoms with Crippen LogP contribution < -0.4 is 9.64 Å². The third kappa shape index (κ3) is 4.67. The van der Waals surface area contributed by atoms with Crippen LogP contribution in [-0.4, -0.2) is 18.9 Å². The van der Waals surface area contributed by atoms with Crippen molar-refractivity contribution >= 4 is 11.8 Å². The van der Waals surface area contributed by atoms with Crippen molar-refractivity contribution in [2.45, 2.75) is 20.1 Å². The summed E-state index contributed by atoms with van der Waals surface area (Å²) in [5, 5.41) is 0. The van der Waals surface area contributed by atoms with Gasteiger partial charge in [-0.25, -0.2) is 4.79 Å². The molecule has 0 saturated heterocycles. The van der Waals surface area contributed by atoms with E-state index in [4.69, 9.17) is 9.47 Å². The number of benzene rings is 3. The van der Waals surface area contributed by atoms with Crippen LogP contribution in [0.15, 0.2) is 84.9 Å². The first-order valence-electron chi connectivity index (χ1n) is 9.03. The van der Waals surface area contributed by atoms with Gasteiger partial charge in [-0.3, -0.25) is 0 Å². The number of carbonyl (C=O) groups excluding carboxylic acids is 1. The van der Waals surface area contributed by atoms with Gasteiger partial charge in [-0.05, 0) is 37.6 Å². The second-order valence-electron chi connectivity index (χ2n) is 6.05. The predicted molar refractivity (Wildman–Crippen MR) is 108 cm³/mol. The van der Waals surface area contributed by atoms with E-state index in [0.29, 0.717) is 12.3 Å². The lowest BCUT2D eigenvalue weighted by atomic mass is 10.1. The van der Waals surface area contributed by atoms with Crippen LogP contribution >= 0.6 is 0 Å². The summed E-state index contributed by atoms with van der Waals surface area (Å²) in [6.45, 7) is 4.56. The first-order valence-corrected chi connectivity index (χ1v) is 9.03. The zero-order valence-corrected chi connectivity index (χ0v) is 15.5. The number of hydrogen-bond acceptors (Lipinski definition) is 4. The molecule has 4 heteroatoms. The summed E-state index contributed by atoms with van der Waals surface area (Å²) in [7, 11) is 0. The fourth-order valence-electron chi connectivity index (χ4n) is 3.00. The highest BCUT2D eigenvalue weighted by atomic mass is 16.7. The van der Waals surface area contributed by atoms with Gasteiger partial charge < -0.3 is 14.4 Å². The van der Waals surface area contributed by atoms with Gasteiger partial charge in [0.1, 0.15) is 5.75 Å². The molecule has 4 nitrogen and oxygen atoms in total. The Morgan fingerprint density at radius 2 is 1.48 bits per heavy atom. The van der Waals surface area contributed by atoms with E-state index in [-0.39, 0.29) is 0 Å². The molecule has 1 unspecified atom stereocenters. The van der Waals surface area contributed by atoms with E-state index in [1.54, 1.807) is 6.07 Å². The van der Waals surface area contributed by atoms with Gasteiger partial charge >= 0.3 is 6.16 Å². The molecule has 3 aromatic carbocycles. The molecule has 0 aliphatic heterocycles. The Labute approximate surface area is 160 Å². The number of hydrogen-bond donors (Lipinski definition) is 0. The lowest BCUT2D eigenvalue weighted by Gasteiger charge is -2.29. The van der Waals surface area contributed by atoms with E-state index in [2.05, 4.69) is 0 Å². The van der Waals surface area contributed by atoms with Gasteiger partial charge in [0.15, 0.2) is 6.23 Å². The number of ether oxygens (including phenoxy) is 2. The zero-order valence-electron chi connectivity index (χ0n) is 15.5. The number of anilines is 1. The minimum Gasteiger partial charge on any atom is -0.410 e. The Bertz CT molecular complexity index is 865. The normalized spacial score (nSPS) is 11.5. The van der Waals surface area contributed by atoms with Gasteiger partial charge in [0, 0.05) is 17.8 Å². The van der Waals surface area contributed by atoms with E-state index in [0.717, 1.165) is 16.8 Å². The molecule has 0 heterocycles. The quantitative estimate of drug-likeness (QED) is 0.319. The molecule has 0 aliphatic carbocycles. The van der Waals surface area contributed by atoms with Crippen molar-refractivity contribution in [1.82, 2.24) is 0 Å². The van der Waals surface area contributed by atoms with Crippen molar-refractivity contribution in [3.8, 4) is 16.9 Å². The third-order valence-corrected chi connectivity index (χ3v) is 4.30. The van der Waals surface area contributed by atoms with Gasteiger partial charge in [-0.2, -0.15) is 0 Å². The lowest BCUT2D eigenvalue weighted by Crippen LogP contribution is -2.37. The summed E-state index contributed by atoms with van der Waals surface area (Å²) in [4.78, 5) is 14.4. The van der Waals surface area contributed by atoms with Crippen molar-refractivity contribution in [1.29, 1.82) is 0 Å². The van der Waals surface area contributed by atoms with Crippen LogP contribution in [0.1, 0.15) is 13.8 Å². The van der Waals surface area contributed by atoms with Crippen molar-refractivity contribution in [3.05, 3.63) is 84.9 Å². The maximum Gasteiger partial charge on any atom is 0.515 e. The van der Waals surface area contributed by atoms with E-state index in [1.165, 1.54) is 0 Å². The SMILES string of the molecule is CCN(c1ccccc1)C(C)OC(=O)Oc1ccccc1-c1ccccc1. The molecule has 27 heavy (non-hydrogen) atoms. The summed E-state index contributed by atoms with van der Waals surface area (Å²) in [6.07, 6.45) is -1.17. The maximum absolute atomic E-state index is 12.4. The first-order chi connectivity index (χ1) is 13.2. The second kappa shape index (κ2) is 8.90. The molecule has 0 N–H and O–H groups in total. The van der Waals surface area contributed by atoms with Crippen molar-refractivity contribution in [3.63, 3.8) is 0 Å². The van der Waals surface area contributed by atoms with E-state index in [1.807, 2.05) is 97.6 Å². The lowest BCUT2D eigenvalue weighted by molar-refractivity contribution is 0.0647. The van der Waals surface area contributed by atoms with Crippen molar-refractivity contribution in [2.75, 3.05) is 11.4 Å². The number of para-hydroxylation sites is 2. The molecular formula is C23H23NO3. The molecule has 0 bridgehead atoms. The maximum atomic E-state index is 12.4. The number of rotatable bonds is 6. The van der Waals surface area contributed by atoms with E-state index in [9.17, 15) is 4.79 Å². The Balaban J connectivity index is 1.71. The fraction of sp³-hybridized carbons (Fsp3) is 0.174. The topological polar surface area (TPSA) is 38.8 Å². The average molecular weight is 361 g/mol. The third-order valence-electron chi connectivity index (χ3n) is 4.30. The molecule has 0 fully saturated rings. The van der Waals surface area contributed by atoms with E-state index < -0.39 is 12.4 Å². The summed E-state index contributed by atoms with van der Waals surface area (Å²) in [5.41, 5.74) is 2.82. The Morgan fingerprint density at radius 1 is 0.889 bits per heavy atom. The zero-order chi connectivity index (χ0) is 19.1. The van der Waals surface area contributed by atoms with Crippen LogP contribution in [0.5, 0.6) is 5.75 Å². The highest BCUT2D eigenvalue weighted by molar-refractivity contribution is 5.74. The molecule has 0 radical (unpaired) electrons. The molecular weight excluding hydrogens is 338 g/mol. The summed E-state index contributed by atoms with van der Waals surface area (Å²) >= 11 is 0. The summed E-state index contributed by atoms with van der Waals surface area (Å²) in [5.74, 6) is 0.476. The van der Waals surface area contributed by atoms with Crippen LogP contribution in [-0.2, 0) is 4.74 Å². The summed E-state index contributed by atoms with van der Waals surface area (Å²) in [6, 6.07) is 27.1. The van der Waals surface area contributed by atoms with Crippen LogP contribution in [0.3, 0.4) is 0 Å². The van der Waals surface area contributed by atoms with Gasteiger partial charge in [0.2, 0.25) is 0 Å². The highest BCUT2D eigenvalue weighted by Gasteiger charge is 2.19.